The van der Waals surface area contributed by atoms with Crippen molar-refractivity contribution in [2.24, 2.45) is 0 Å². The molecule has 0 bridgehead atoms. The first kappa shape index (κ1) is 13.0. The fourth-order valence-corrected chi connectivity index (χ4v) is 2.36. The van der Waals surface area contributed by atoms with Crippen LogP contribution in [0.15, 0.2) is 36.4 Å². The number of hydrogen-bond acceptors (Lipinski definition) is 2. The maximum absolute atomic E-state index is 13.6. The molecule has 0 radical (unpaired) electrons. The van der Waals surface area contributed by atoms with Crippen LogP contribution < -0.4 is 4.74 Å². The number of hydrogen-bond donors (Lipinski definition) is 1. The van der Waals surface area contributed by atoms with E-state index >= 15 is 0 Å². The standard InChI is InChI=1S/C15H11F3O2/c1-8-5-9(16)7-10(6-8)20-12-4-2-3-11-13(12)15(17,18)14(11)19/h2-7,14,19H,1H3. The first-order valence-corrected chi connectivity index (χ1v) is 6.04. The molecule has 1 aliphatic rings. The van der Waals surface area contributed by atoms with Gasteiger partial charge in [0.15, 0.2) is 0 Å². The summed E-state index contributed by atoms with van der Waals surface area (Å²) < 4.78 is 45.9. The van der Waals surface area contributed by atoms with Gasteiger partial charge in [0.05, 0.1) is 5.56 Å². The van der Waals surface area contributed by atoms with Crippen molar-refractivity contribution in [2.45, 2.75) is 19.0 Å². The van der Waals surface area contributed by atoms with Crippen molar-refractivity contribution in [3.05, 3.63) is 58.9 Å². The second-order valence-electron chi connectivity index (χ2n) is 4.81. The van der Waals surface area contributed by atoms with Crippen molar-refractivity contribution in [1.82, 2.24) is 0 Å². The molecule has 1 aliphatic carbocycles. The van der Waals surface area contributed by atoms with E-state index in [1.54, 1.807) is 13.0 Å². The van der Waals surface area contributed by atoms with E-state index < -0.39 is 17.8 Å². The molecule has 0 fully saturated rings. The summed E-state index contributed by atoms with van der Waals surface area (Å²) in [6, 6.07) is 8.29. The quantitative estimate of drug-likeness (QED) is 0.898. The fraction of sp³-hybridized carbons (Fsp3) is 0.200. The smallest absolute Gasteiger partial charge is 0.306 e. The molecule has 0 amide bonds. The molecule has 1 unspecified atom stereocenters. The third-order valence-corrected chi connectivity index (χ3v) is 3.27. The summed E-state index contributed by atoms with van der Waals surface area (Å²) in [5, 5.41) is 9.34. The van der Waals surface area contributed by atoms with Crippen LogP contribution in [-0.2, 0) is 5.92 Å². The minimum atomic E-state index is -3.34. The summed E-state index contributed by atoms with van der Waals surface area (Å²) in [4.78, 5) is 0. The van der Waals surface area contributed by atoms with E-state index in [4.69, 9.17) is 4.74 Å². The summed E-state index contributed by atoms with van der Waals surface area (Å²) in [7, 11) is 0. The Morgan fingerprint density at radius 1 is 1.20 bits per heavy atom. The van der Waals surface area contributed by atoms with Gasteiger partial charge in [-0.05, 0) is 36.2 Å². The zero-order valence-corrected chi connectivity index (χ0v) is 10.5. The van der Waals surface area contributed by atoms with Gasteiger partial charge in [-0.3, -0.25) is 0 Å². The lowest BCUT2D eigenvalue weighted by Gasteiger charge is -2.36. The third kappa shape index (κ3) is 1.86. The predicted octanol–water partition coefficient (Wildman–Crippen LogP) is 4.07. The van der Waals surface area contributed by atoms with Crippen LogP contribution in [-0.4, -0.2) is 5.11 Å². The highest BCUT2D eigenvalue weighted by Crippen LogP contribution is 2.56. The fourth-order valence-electron chi connectivity index (χ4n) is 2.36. The van der Waals surface area contributed by atoms with Crippen LogP contribution in [0.5, 0.6) is 11.5 Å². The van der Waals surface area contributed by atoms with Gasteiger partial charge >= 0.3 is 5.92 Å². The van der Waals surface area contributed by atoms with Crippen LogP contribution in [0.25, 0.3) is 0 Å². The van der Waals surface area contributed by atoms with Gasteiger partial charge in [-0.2, -0.15) is 8.78 Å². The molecular formula is C15H11F3O2. The molecule has 2 aromatic rings. The van der Waals surface area contributed by atoms with E-state index in [9.17, 15) is 18.3 Å². The monoisotopic (exact) mass is 280 g/mol. The van der Waals surface area contributed by atoms with Crippen molar-refractivity contribution >= 4 is 0 Å². The van der Waals surface area contributed by atoms with Crippen LogP contribution >= 0.6 is 0 Å². The van der Waals surface area contributed by atoms with E-state index in [1.807, 2.05) is 0 Å². The van der Waals surface area contributed by atoms with Crippen LogP contribution in [0, 0.1) is 12.7 Å². The Hall–Kier alpha value is -2.01. The van der Waals surface area contributed by atoms with E-state index in [1.165, 1.54) is 24.3 Å². The Kier molecular flexibility index (Phi) is 2.76. The molecule has 0 saturated carbocycles. The maximum Gasteiger partial charge on any atom is 0.306 e. The topological polar surface area (TPSA) is 29.5 Å². The zero-order valence-electron chi connectivity index (χ0n) is 10.5. The third-order valence-electron chi connectivity index (χ3n) is 3.27. The molecule has 0 spiro atoms. The number of ether oxygens (including phenoxy) is 1. The Bertz CT molecular complexity index is 663. The Labute approximate surface area is 113 Å². The number of alkyl halides is 2. The predicted molar refractivity (Wildman–Crippen MR) is 66.5 cm³/mol. The SMILES string of the molecule is Cc1cc(F)cc(Oc2cccc3c2C(F)(F)C3O)c1. The van der Waals surface area contributed by atoms with E-state index in [0.717, 1.165) is 6.07 Å². The average molecular weight is 280 g/mol. The average Bonchev–Trinajstić information content (AvgIpc) is 2.36. The summed E-state index contributed by atoms with van der Waals surface area (Å²) in [6.45, 7) is 1.68. The van der Waals surface area contributed by atoms with Crippen molar-refractivity contribution in [3.63, 3.8) is 0 Å². The Balaban J connectivity index is 2.01. The minimum absolute atomic E-state index is 0.0669. The van der Waals surface area contributed by atoms with Gasteiger partial charge in [0.1, 0.15) is 23.4 Å². The van der Waals surface area contributed by atoms with Crippen LogP contribution in [0.4, 0.5) is 13.2 Å². The second kappa shape index (κ2) is 4.24. The molecule has 1 atom stereocenters. The summed E-state index contributed by atoms with van der Waals surface area (Å²) in [6.07, 6.45) is -1.81. The molecule has 3 rings (SSSR count). The molecule has 0 aromatic heterocycles. The van der Waals surface area contributed by atoms with Gasteiger partial charge in [-0.15, -0.1) is 0 Å². The second-order valence-corrected chi connectivity index (χ2v) is 4.81. The highest BCUT2D eigenvalue weighted by atomic mass is 19.3. The number of aliphatic hydroxyl groups excluding tert-OH is 1. The van der Waals surface area contributed by atoms with Crippen LogP contribution in [0.3, 0.4) is 0 Å². The van der Waals surface area contributed by atoms with Gasteiger partial charge in [-0.1, -0.05) is 12.1 Å². The molecular weight excluding hydrogens is 269 g/mol. The lowest BCUT2D eigenvalue weighted by molar-refractivity contribution is -0.148. The number of fused-ring (bicyclic) bond motifs is 1. The molecule has 0 heterocycles. The normalized spacial score (nSPS) is 19.1. The first-order chi connectivity index (χ1) is 9.39. The summed E-state index contributed by atoms with van der Waals surface area (Å²) >= 11 is 0. The molecule has 0 saturated heterocycles. The van der Waals surface area contributed by atoms with Gasteiger partial charge in [0.25, 0.3) is 0 Å². The molecule has 1 N–H and O–H groups in total. The highest BCUT2D eigenvalue weighted by molar-refractivity contribution is 5.54. The van der Waals surface area contributed by atoms with Gasteiger partial charge < -0.3 is 9.84 Å². The van der Waals surface area contributed by atoms with Crippen molar-refractivity contribution in [2.75, 3.05) is 0 Å². The van der Waals surface area contributed by atoms with Crippen LogP contribution in [0.2, 0.25) is 0 Å². The largest absolute Gasteiger partial charge is 0.457 e. The Morgan fingerprint density at radius 2 is 1.95 bits per heavy atom. The maximum atomic E-state index is 13.6. The number of aliphatic hydroxyl groups is 1. The molecule has 0 aliphatic heterocycles. The lowest BCUT2D eigenvalue weighted by atomic mass is 9.80. The van der Waals surface area contributed by atoms with Gasteiger partial charge in [0.2, 0.25) is 0 Å². The zero-order chi connectivity index (χ0) is 14.5. The Morgan fingerprint density at radius 3 is 2.65 bits per heavy atom. The van der Waals surface area contributed by atoms with Crippen LogP contribution in [0.1, 0.15) is 22.8 Å². The summed E-state index contributed by atoms with van der Waals surface area (Å²) in [5.41, 5.74) is 0.427. The summed E-state index contributed by atoms with van der Waals surface area (Å²) in [5.74, 6) is -3.76. The van der Waals surface area contributed by atoms with Crippen molar-refractivity contribution < 1.29 is 23.0 Å². The molecule has 5 heteroatoms. The molecule has 20 heavy (non-hydrogen) atoms. The molecule has 2 nitrogen and oxygen atoms in total. The number of rotatable bonds is 2. The van der Waals surface area contributed by atoms with Gasteiger partial charge in [0, 0.05) is 6.07 Å². The number of aryl methyl sites for hydroxylation is 1. The van der Waals surface area contributed by atoms with Gasteiger partial charge in [-0.25, -0.2) is 4.39 Å². The molecule has 104 valence electrons. The van der Waals surface area contributed by atoms with Crippen molar-refractivity contribution in [1.29, 1.82) is 0 Å². The first-order valence-electron chi connectivity index (χ1n) is 6.04. The van der Waals surface area contributed by atoms with E-state index in [0.29, 0.717) is 5.56 Å². The lowest BCUT2D eigenvalue weighted by Crippen LogP contribution is -2.36. The van der Waals surface area contributed by atoms with E-state index in [-0.39, 0.29) is 22.6 Å². The minimum Gasteiger partial charge on any atom is -0.457 e. The highest BCUT2D eigenvalue weighted by Gasteiger charge is 2.55. The number of halogens is 3. The van der Waals surface area contributed by atoms with Crippen molar-refractivity contribution in [3.8, 4) is 11.5 Å². The molecule has 2 aromatic carbocycles. The number of benzene rings is 2. The van der Waals surface area contributed by atoms with E-state index in [2.05, 4.69) is 0 Å².